The molecule has 0 fully saturated rings. The molecule has 0 N–H and O–H groups in total. The van der Waals surface area contributed by atoms with Gasteiger partial charge in [-0.15, -0.1) is 28.3 Å². The molecule has 2 rings (SSSR count). The van der Waals surface area contributed by atoms with Gasteiger partial charge >= 0.3 is 5.97 Å². The molecule has 0 atom stereocenters. The van der Waals surface area contributed by atoms with E-state index in [1.807, 2.05) is 17.5 Å². The van der Waals surface area contributed by atoms with E-state index in [9.17, 15) is 4.79 Å². The summed E-state index contributed by atoms with van der Waals surface area (Å²) in [5.74, 6) is 0.0150. The van der Waals surface area contributed by atoms with Gasteiger partial charge in [-0.2, -0.15) is 4.98 Å². The Morgan fingerprint density at radius 2 is 2.29 bits per heavy atom. The molecule has 2 aromatic rings. The van der Waals surface area contributed by atoms with Crippen molar-refractivity contribution in [2.45, 2.75) is 13.8 Å². The molecule has 0 spiro atoms. The predicted octanol–water partition coefficient (Wildman–Crippen LogP) is 2.21. The molecule has 76 valence electrons. The lowest BCUT2D eigenvalue weighted by atomic mass is 10.6. The summed E-state index contributed by atoms with van der Waals surface area (Å²) in [4.78, 5) is 16.7. The average molecular weight is 277 g/mol. The maximum absolute atomic E-state index is 10.6. The second kappa shape index (κ2) is 4.10. The van der Waals surface area contributed by atoms with Crippen molar-refractivity contribution in [1.82, 2.24) is 9.38 Å². The maximum atomic E-state index is 10.6. The first-order valence-electron chi connectivity index (χ1n) is 3.79. The number of rotatable bonds is 1. The summed E-state index contributed by atoms with van der Waals surface area (Å²) in [6.45, 7) is 3.36. The fourth-order valence-corrected chi connectivity index (χ4v) is 1.89. The number of hydrogen-bond acceptors (Lipinski definition) is 4. The van der Waals surface area contributed by atoms with E-state index in [2.05, 4.69) is 4.98 Å². The number of imidazole rings is 1. The summed E-state index contributed by atoms with van der Waals surface area (Å²) >= 11 is 1.56. The molecule has 0 aliphatic rings. The lowest BCUT2D eigenvalue weighted by Gasteiger charge is -1.91. The third kappa shape index (κ3) is 2.13. The van der Waals surface area contributed by atoms with E-state index in [1.54, 1.807) is 17.5 Å². The Labute approximate surface area is 95.3 Å². The van der Waals surface area contributed by atoms with Crippen LogP contribution in [0.25, 0.3) is 4.96 Å². The number of aromatic nitrogens is 2. The number of ether oxygens (including phenoxy) is 1. The van der Waals surface area contributed by atoms with E-state index in [4.69, 9.17) is 4.74 Å². The van der Waals surface area contributed by atoms with Crippen LogP contribution in [0.4, 0.5) is 0 Å². The first-order chi connectivity index (χ1) is 6.15. The van der Waals surface area contributed by atoms with E-state index in [-0.39, 0.29) is 23.0 Å². The van der Waals surface area contributed by atoms with Crippen LogP contribution in [0, 0.1) is 6.92 Å². The van der Waals surface area contributed by atoms with Gasteiger partial charge in [0, 0.05) is 18.0 Å². The lowest BCUT2D eigenvalue weighted by molar-refractivity contribution is -0.132. The molecular formula is C8H9BrN2O2S. The number of esters is 1. The summed E-state index contributed by atoms with van der Waals surface area (Å²) in [6, 6.07) is 0. The monoisotopic (exact) mass is 276 g/mol. The first-order valence-corrected chi connectivity index (χ1v) is 4.60. The minimum atomic E-state index is -0.345. The molecule has 0 amide bonds. The molecule has 2 aromatic heterocycles. The van der Waals surface area contributed by atoms with E-state index in [0.717, 1.165) is 4.96 Å². The number of nitrogens with zero attached hydrogens (tertiary/aromatic N) is 2. The average Bonchev–Trinajstić information content (AvgIpc) is 2.41. The standard InChI is InChI=1S/C8H8N2O2S.BrH/c1-5-3-10-4-7(12-6(2)11)9-8(10)13-5;/h3-4H,1-2H3;1H. The summed E-state index contributed by atoms with van der Waals surface area (Å²) < 4.78 is 6.68. The second-order valence-electron chi connectivity index (χ2n) is 2.70. The number of fused-ring (bicyclic) bond motifs is 1. The van der Waals surface area contributed by atoms with Crippen molar-refractivity contribution >= 4 is 39.2 Å². The van der Waals surface area contributed by atoms with Gasteiger partial charge < -0.3 is 4.74 Å². The Kier molecular flexibility index (Phi) is 3.28. The molecular weight excluding hydrogens is 268 g/mol. The van der Waals surface area contributed by atoms with Crippen molar-refractivity contribution in [1.29, 1.82) is 0 Å². The van der Waals surface area contributed by atoms with Crippen LogP contribution in [-0.2, 0) is 4.79 Å². The van der Waals surface area contributed by atoms with Gasteiger partial charge in [0.15, 0.2) is 4.96 Å². The Bertz CT molecular complexity index is 431. The number of aryl methyl sites for hydroxylation is 1. The molecule has 0 saturated heterocycles. The molecule has 0 unspecified atom stereocenters. The first kappa shape index (κ1) is 11.2. The van der Waals surface area contributed by atoms with Crippen LogP contribution in [0.5, 0.6) is 5.88 Å². The molecule has 0 saturated carbocycles. The summed E-state index contributed by atoms with van der Waals surface area (Å²) in [5, 5.41) is 0. The smallest absolute Gasteiger partial charge is 0.309 e. The third-order valence-corrected chi connectivity index (χ3v) is 2.41. The van der Waals surface area contributed by atoms with Gasteiger partial charge in [-0.3, -0.25) is 9.20 Å². The molecule has 2 heterocycles. The van der Waals surface area contributed by atoms with Crippen molar-refractivity contribution in [2.75, 3.05) is 0 Å². The van der Waals surface area contributed by atoms with Crippen LogP contribution >= 0.6 is 28.3 Å². The molecule has 6 heteroatoms. The van der Waals surface area contributed by atoms with Gasteiger partial charge in [0.1, 0.15) is 0 Å². The highest BCUT2D eigenvalue weighted by molar-refractivity contribution is 8.93. The molecule has 0 aromatic carbocycles. The van der Waals surface area contributed by atoms with Gasteiger partial charge in [-0.05, 0) is 6.92 Å². The Balaban J connectivity index is 0.000000980. The Morgan fingerprint density at radius 3 is 2.86 bits per heavy atom. The fraction of sp³-hybridized carbons (Fsp3) is 0.250. The van der Waals surface area contributed by atoms with Crippen LogP contribution in [0.1, 0.15) is 11.8 Å². The molecule has 0 aliphatic heterocycles. The van der Waals surface area contributed by atoms with E-state index in [1.165, 1.54) is 11.8 Å². The Hall–Kier alpha value is -0.880. The van der Waals surface area contributed by atoms with Crippen molar-refractivity contribution in [3.05, 3.63) is 17.3 Å². The molecule has 4 nitrogen and oxygen atoms in total. The quantitative estimate of drug-likeness (QED) is 0.751. The van der Waals surface area contributed by atoms with Crippen LogP contribution in [0.15, 0.2) is 12.4 Å². The van der Waals surface area contributed by atoms with E-state index >= 15 is 0 Å². The highest BCUT2D eigenvalue weighted by Crippen LogP contribution is 2.19. The zero-order valence-electron chi connectivity index (χ0n) is 7.68. The summed E-state index contributed by atoms with van der Waals surface area (Å²) in [7, 11) is 0. The minimum Gasteiger partial charge on any atom is -0.406 e. The van der Waals surface area contributed by atoms with Gasteiger partial charge in [-0.1, -0.05) is 0 Å². The molecule has 0 radical (unpaired) electrons. The number of thiazole rings is 1. The minimum absolute atomic E-state index is 0. The van der Waals surface area contributed by atoms with Crippen molar-refractivity contribution in [2.24, 2.45) is 0 Å². The lowest BCUT2D eigenvalue weighted by Crippen LogP contribution is -2.01. The van der Waals surface area contributed by atoms with Crippen molar-refractivity contribution < 1.29 is 9.53 Å². The number of carbonyl (C=O) groups excluding carboxylic acids is 1. The van der Waals surface area contributed by atoms with Gasteiger partial charge in [-0.25, -0.2) is 0 Å². The maximum Gasteiger partial charge on any atom is 0.309 e. The predicted molar refractivity (Wildman–Crippen MR) is 59.4 cm³/mol. The van der Waals surface area contributed by atoms with Crippen molar-refractivity contribution in [3.63, 3.8) is 0 Å². The summed E-state index contributed by atoms with van der Waals surface area (Å²) in [6.07, 6.45) is 3.64. The van der Waals surface area contributed by atoms with Crippen LogP contribution in [0.2, 0.25) is 0 Å². The van der Waals surface area contributed by atoms with E-state index < -0.39 is 0 Å². The van der Waals surface area contributed by atoms with Crippen LogP contribution < -0.4 is 4.74 Å². The van der Waals surface area contributed by atoms with Crippen molar-refractivity contribution in [3.8, 4) is 5.88 Å². The number of hydrogen-bond donors (Lipinski definition) is 0. The normalized spacial score (nSPS) is 9.86. The van der Waals surface area contributed by atoms with Crippen LogP contribution in [0.3, 0.4) is 0 Å². The Morgan fingerprint density at radius 1 is 1.57 bits per heavy atom. The van der Waals surface area contributed by atoms with Crippen LogP contribution in [-0.4, -0.2) is 15.4 Å². The molecule has 14 heavy (non-hydrogen) atoms. The zero-order valence-corrected chi connectivity index (χ0v) is 10.2. The van der Waals surface area contributed by atoms with Gasteiger partial charge in [0.25, 0.3) is 0 Å². The number of halogens is 1. The fourth-order valence-electron chi connectivity index (χ4n) is 1.09. The third-order valence-electron chi connectivity index (χ3n) is 1.50. The SMILES string of the molecule is Br.CC(=O)Oc1cn2cc(C)sc2n1. The topological polar surface area (TPSA) is 43.6 Å². The molecule has 0 bridgehead atoms. The highest BCUT2D eigenvalue weighted by Gasteiger charge is 2.06. The number of carbonyl (C=O) groups is 1. The van der Waals surface area contributed by atoms with Gasteiger partial charge in [0.2, 0.25) is 5.88 Å². The van der Waals surface area contributed by atoms with E-state index in [0.29, 0.717) is 5.88 Å². The largest absolute Gasteiger partial charge is 0.406 e. The van der Waals surface area contributed by atoms with Gasteiger partial charge in [0.05, 0.1) is 6.20 Å². The zero-order chi connectivity index (χ0) is 9.42. The highest BCUT2D eigenvalue weighted by atomic mass is 79.9. The molecule has 0 aliphatic carbocycles. The summed E-state index contributed by atoms with van der Waals surface area (Å²) in [5.41, 5.74) is 0. The second-order valence-corrected chi connectivity index (χ2v) is 3.92.